The van der Waals surface area contributed by atoms with Gasteiger partial charge < -0.3 is 16.2 Å². The van der Waals surface area contributed by atoms with Crippen LogP contribution in [0, 0.1) is 11.2 Å². The van der Waals surface area contributed by atoms with E-state index >= 15 is 0 Å². The van der Waals surface area contributed by atoms with Crippen molar-refractivity contribution in [2.24, 2.45) is 16.1 Å². The molecule has 0 fully saturated rings. The van der Waals surface area contributed by atoms with Gasteiger partial charge in [-0.1, -0.05) is 0 Å². The molecule has 1 aliphatic rings. The standard InChI is InChI=1S/C18H23F3N4O3/c1-16(2)14(27)25(5)15(22)24-18(16,4)10-8-9(6-7-11(10)19)23-13(26)17(3,28)12(20)21/h6-8,12,28H,1-5H3,(H2,22,24)(H,23,26). The molecule has 0 radical (unpaired) electrons. The van der Waals surface area contributed by atoms with E-state index in [1.165, 1.54) is 20.0 Å². The van der Waals surface area contributed by atoms with E-state index < -0.39 is 40.6 Å². The summed E-state index contributed by atoms with van der Waals surface area (Å²) in [6, 6.07) is 3.35. The van der Waals surface area contributed by atoms with Gasteiger partial charge in [0.1, 0.15) is 11.4 Å². The van der Waals surface area contributed by atoms with Crippen LogP contribution in [0.2, 0.25) is 0 Å². The lowest BCUT2D eigenvalue weighted by atomic mass is 9.67. The van der Waals surface area contributed by atoms with Crippen molar-refractivity contribution in [1.29, 1.82) is 0 Å². The highest BCUT2D eigenvalue weighted by Gasteiger charge is 2.54. The van der Waals surface area contributed by atoms with Crippen LogP contribution < -0.4 is 11.1 Å². The van der Waals surface area contributed by atoms with Gasteiger partial charge in [-0.05, 0) is 45.9 Å². The number of hydrogen-bond donors (Lipinski definition) is 3. The van der Waals surface area contributed by atoms with E-state index in [9.17, 15) is 27.9 Å². The fourth-order valence-electron chi connectivity index (χ4n) is 2.91. The molecule has 2 rings (SSSR count). The zero-order valence-corrected chi connectivity index (χ0v) is 16.2. The lowest BCUT2D eigenvalue weighted by molar-refractivity contribution is -0.148. The number of guanidine groups is 1. The number of halogens is 3. The van der Waals surface area contributed by atoms with E-state index in [-0.39, 0.29) is 17.2 Å². The fraction of sp³-hybridized carbons (Fsp3) is 0.500. The maximum absolute atomic E-state index is 14.7. The molecular formula is C18H23F3N4O3. The number of rotatable bonds is 4. The van der Waals surface area contributed by atoms with E-state index in [2.05, 4.69) is 10.3 Å². The van der Waals surface area contributed by atoms with E-state index in [4.69, 9.17) is 5.73 Å². The van der Waals surface area contributed by atoms with Gasteiger partial charge in [0.25, 0.3) is 12.3 Å². The van der Waals surface area contributed by atoms with Crippen molar-refractivity contribution >= 4 is 23.5 Å². The third-order valence-corrected chi connectivity index (χ3v) is 5.37. The molecule has 1 aromatic carbocycles. The Morgan fingerprint density at radius 1 is 1.36 bits per heavy atom. The molecule has 0 saturated heterocycles. The third-order valence-electron chi connectivity index (χ3n) is 5.37. The Balaban J connectivity index is 2.54. The molecule has 0 aliphatic carbocycles. The minimum absolute atomic E-state index is 0.0421. The molecule has 1 heterocycles. The Labute approximate surface area is 160 Å². The van der Waals surface area contributed by atoms with Crippen LogP contribution in [0.1, 0.15) is 33.3 Å². The third kappa shape index (κ3) is 3.21. The molecular weight excluding hydrogens is 377 g/mol. The first kappa shape index (κ1) is 21.7. The van der Waals surface area contributed by atoms with Crippen molar-refractivity contribution < 1.29 is 27.9 Å². The van der Waals surface area contributed by atoms with Gasteiger partial charge in [0.05, 0.1) is 5.41 Å². The van der Waals surface area contributed by atoms with Crippen molar-refractivity contribution in [2.45, 2.75) is 45.3 Å². The van der Waals surface area contributed by atoms with Crippen LogP contribution in [0.4, 0.5) is 18.9 Å². The number of carbonyl (C=O) groups is 2. The highest BCUT2D eigenvalue weighted by Crippen LogP contribution is 2.47. The summed E-state index contributed by atoms with van der Waals surface area (Å²) in [5.41, 5.74) is 0.141. The van der Waals surface area contributed by atoms with Crippen LogP contribution in [-0.4, -0.2) is 46.9 Å². The number of anilines is 1. The molecule has 2 unspecified atom stereocenters. The molecule has 0 spiro atoms. The normalized spacial score (nSPS) is 24.0. The summed E-state index contributed by atoms with van der Waals surface area (Å²) in [5.74, 6) is -2.58. The molecule has 1 aliphatic heterocycles. The SMILES string of the molecule is CN1C(=O)C(C)(C)C(C)(c2cc(NC(=O)C(C)(O)C(F)F)ccc2F)N=C1N. The number of hydrogen-bond acceptors (Lipinski definition) is 5. The van der Waals surface area contributed by atoms with E-state index in [0.29, 0.717) is 6.92 Å². The van der Waals surface area contributed by atoms with E-state index in [1.54, 1.807) is 13.8 Å². The summed E-state index contributed by atoms with van der Waals surface area (Å²) in [5, 5.41) is 11.7. The van der Waals surface area contributed by atoms with Crippen LogP contribution >= 0.6 is 0 Å². The fourth-order valence-corrected chi connectivity index (χ4v) is 2.91. The number of aliphatic imine (C=N–C) groups is 1. The lowest BCUT2D eigenvalue weighted by Crippen LogP contribution is -2.58. The summed E-state index contributed by atoms with van der Waals surface area (Å²) in [7, 11) is 1.45. The van der Waals surface area contributed by atoms with Crippen LogP contribution in [-0.2, 0) is 15.1 Å². The summed E-state index contributed by atoms with van der Waals surface area (Å²) in [6.07, 6.45) is -3.32. The van der Waals surface area contributed by atoms with Crippen molar-refractivity contribution in [3.63, 3.8) is 0 Å². The Bertz CT molecular complexity index is 854. The van der Waals surface area contributed by atoms with Gasteiger partial charge in [-0.25, -0.2) is 18.2 Å². The molecule has 2 atom stereocenters. The zero-order valence-electron chi connectivity index (χ0n) is 16.2. The first-order valence-corrected chi connectivity index (χ1v) is 8.41. The van der Waals surface area contributed by atoms with Crippen LogP contribution in [0.5, 0.6) is 0 Å². The number of carbonyl (C=O) groups excluding carboxylic acids is 2. The van der Waals surface area contributed by atoms with Crippen molar-refractivity contribution in [3.05, 3.63) is 29.6 Å². The van der Waals surface area contributed by atoms with Crippen molar-refractivity contribution in [1.82, 2.24) is 4.90 Å². The maximum Gasteiger partial charge on any atom is 0.275 e. The van der Waals surface area contributed by atoms with Gasteiger partial charge in [-0.2, -0.15) is 0 Å². The average molecular weight is 400 g/mol. The van der Waals surface area contributed by atoms with Crippen molar-refractivity contribution in [3.8, 4) is 0 Å². The molecule has 0 aromatic heterocycles. The van der Waals surface area contributed by atoms with E-state index in [1.807, 2.05) is 0 Å². The number of amides is 2. The first-order valence-electron chi connectivity index (χ1n) is 8.41. The molecule has 1 aromatic rings. The van der Waals surface area contributed by atoms with Crippen LogP contribution in [0.3, 0.4) is 0 Å². The lowest BCUT2D eigenvalue weighted by Gasteiger charge is -2.46. The van der Waals surface area contributed by atoms with Crippen molar-refractivity contribution in [2.75, 3.05) is 12.4 Å². The van der Waals surface area contributed by atoms with Gasteiger partial charge in [-0.3, -0.25) is 14.5 Å². The number of aliphatic hydroxyl groups is 1. The Morgan fingerprint density at radius 2 is 1.93 bits per heavy atom. The number of benzene rings is 1. The number of nitrogens with one attached hydrogen (secondary N) is 1. The molecule has 4 N–H and O–H groups in total. The van der Waals surface area contributed by atoms with Gasteiger partial charge in [0, 0.05) is 18.3 Å². The predicted octanol–water partition coefficient (Wildman–Crippen LogP) is 1.81. The molecule has 10 heteroatoms. The summed E-state index contributed by atoms with van der Waals surface area (Å²) >= 11 is 0. The second-order valence-corrected chi connectivity index (χ2v) is 7.63. The molecule has 28 heavy (non-hydrogen) atoms. The highest BCUT2D eigenvalue weighted by atomic mass is 19.3. The second kappa shape index (κ2) is 6.77. The number of nitrogens with two attached hydrogens (primary N) is 1. The van der Waals surface area contributed by atoms with Crippen LogP contribution in [0.25, 0.3) is 0 Å². The molecule has 7 nitrogen and oxygen atoms in total. The average Bonchev–Trinajstić information content (AvgIpc) is 2.60. The first-order chi connectivity index (χ1) is 12.7. The van der Waals surface area contributed by atoms with Gasteiger partial charge in [0.15, 0.2) is 5.96 Å². The van der Waals surface area contributed by atoms with Gasteiger partial charge in [-0.15, -0.1) is 0 Å². The summed E-state index contributed by atoms with van der Waals surface area (Å²) < 4.78 is 40.4. The number of alkyl halides is 2. The number of nitrogens with zero attached hydrogens (tertiary/aromatic N) is 2. The largest absolute Gasteiger partial charge is 0.375 e. The molecule has 2 amide bonds. The monoisotopic (exact) mass is 400 g/mol. The van der Waals surface area contributed by atoms with E-state index in [0.717, 1.165) is 17.0 Å². The summed E-state index contributed by atoms with van der Waals surface area (Å²) in [6.45, 7) is 5.34. The second-order valence-electron chi connectivity index (χ2n) is 7.63. The Hall–Kier alpha value is -2.62. The van der Waals surface area contributed by atoms with Gasteiger partial charge >= 0.3 is 0 Å². The zero-order chi connectivity index (χ0) is 21.7. The van der Waals surface area contributed by atoms with Crippen LogP contribution in [0.15, 0.2) is 23.2 Å². The molecule has 0 saturated carbocycles. The topological polar surface area (TPSA) is 108 Å². The summed E-state index contributed by atoms with van der Waals surface area (Å²) in [4.78, 5) is 30.1. The smallest absolute Gasteiger partial charge is 0.275 e. The predicted molar refractivity (Wildman–Crippen MR) is 97.2 cm³/mol. The molecule has 154 valence electrons. The minimum Gasteiger partial charge on any atom is -0.375 e. The Kier molecular flexibility index (Phi) is 5.24. The highest BCUT2D eigenvalue weighted by molar-refractivity contribution is 6.02. The van der Waals surface area contributed by atoms with Gasteiger partial charge in [0.2, 0.25) is 11.5 Å². The minimum atomic E-state index is -3.32. The maximum atomic E-state index is 14.7. The Morgan fingerprint density at radius 3 is 2.46 bits per heavy atom. The quantitative estimate of drug-likeness (QED) is 0.716. The molecule has 0 bridgehead atoms.